The first kappa shape index (κ1) is 26.3. The summed E-state index contributed by atoms with van der Waals surface area (Å²) in [5.41, 5.74) is 2.22. The molecule has 0 aliphatic carbocycles. The lowest BCUT2D eigenvalue weighted by atomic mass is 10.2. The van der Waals surface area contributed by atoms with Crippen molar-refractivity contribution in [2.45, 2.75) is 13.5 Å². The largest absolute Gasteiger partial charge is 0.488 e. The van der Waals surface area contributed by atoms with Gasteiger partial charge in [-0.1, -0.05) is 41.4 Å². The first-order valence-corrected chi connectivity index (χ1v) is 13.1. The van der Waals surface area contributed by atoms with E-state index >= 15 is 0 Å². The lowest BCUT2D eigenvalue weighted by Crippen LogP contribution is -2.28. The Morgan fingerprint density at radius 2 is 1.97 bits per heavy atom. The van der Waals surface area contributed by atoms with E-state index in [4.69, 9.17) is 27.9 Å². The molecule has 0 radical (unpaired) electrons. The summed E-state index contributed by atoms with van der Waals surface area (Å²) in [6, 6.07) is 17.1. The Bertz CT molecular complexity index is 1410. The molecule has 3 aromatic carbocycles. The highest BCUT2D eigenvalue weighted by Gasteiger charge is 2.32. The highest BCUT2D eigenvalue weighted by molar-refractivity contribution is 9.10. The Morgan fingerprint density at radius 1 is 1.17 bits per heavy atom. The number of nitrogens with zero attached hydrogens (tertiary/aromatic N) is 2. The summed E-state index contributed by atoms with van der Waals surface area (Å²) in [5, 5.41) is 10.8. The molecular weight excluding hydrogens is 587 g/mol. The van der Waals surface area contributed by atoms with Crippen molar-refractivity contribution >= 4 is 79.7 Å². The molecule has 4 rings (SSSR count). The molecule has 1 N–H and O–H groups in total. The number of amidine groups is 1. The molecule has 0 atom stereocenters. The summed E-state index contributed by atoms with van der Waals surface area (Å²) < 4.78 is 6.62. The van der Waals surface area contributed by atoms with E-state index in [0.29, 0.717) is 38.1 Å². The van der Waals surface area contributed by atoms with Crippen LogP contribution in [0, 0.1) is 0 Å². The smallest absolute Gasteiger partial charge is 0.335 e. The zero-order valence-corrected chi connectivity index (χ0v) is 22.8. The lowest BCUT2D eigenvalue weighted by molar-refractivity contribution is -0.122. The fourth-order valence-electron chi connectivity index (χ4n) is 3.36. The number of aliphatic imine (C=N–C) groups is 1. The molecule has 1 fully saturated rings. The number of hydrogen-bond donors (Lipinski definition) is 1. The normalized spacial score (nSPS) is 15.7. The van der Waals surface area contributed by atoms with E-state index in [2.05, 4.69) is 20.9 Å². The van der Waals surface area contributed by atoms with E-state index in [-0.39, 0.29) is 18.1 Å². The minimum Gasteiger partial charge on any atom is -0.488 e. The van der Waals surface area contributed by atoms with Gasteiger partial charge in [-0.05, 0) is 88.7 Å². The maximum Gasteiger partial charge on any atom is 0.335 e. The maximum absolute atomic E-state index is 13.0. The molecule has 1 amide bonds. The molecule has 1 aliphatic heterocycles. The topological polar surface area (TPSA) is 79.2 Å². The second-order valence-corrected chi connectivity index (χ2v) is 10.3. The number of carbonyl (C=O) groups is 2. The van der Waals surface area contributed by atoms with Gasteiger partial charge in [-0.25, -0.2) is 9.79 Å². The third kappa shape index (κ3) is 6.13. The Balaban J connectivity index is 1.52. The predicted molar refractivity (Wildman–Crippen MR) is 148 cm³/mol. The molecular formula is C26H19BrCl2N2O4S. The molecule has 1 aliphatic rings. The number of thioether (sulfide) groups is 1. The molecule has 0 spiro atoms. The number of aromatic carboxylic acids is 1. The number of carbonyl (C=O) groups excluding carboxylic acids is 1. The average molecular weight is 606 g/mol. The quantitative estimate of drug-likeness (QED) is 0.280. The van der Waals surface area contributed by atoms with Gasteiger partial charge in [0.2, 0.25) is 0 Å². The number of carboxylic acids is 1. The van der Waals surface area contributed by atoms with Crippen LogP contribution in [0.15, 0.2) is 75.0 Å². The van der Waals surface area contributed by atoms with Crippen LogP contribution >= 0.6 is 50.9 Å². The first-order chi connectivity index (χ1) is 17.2. The summed E-state index contributed by atoms with van der Waals surface area (Å²) in [5.74, 6) is -0.566. The molecule has 10 heteroatoms. The Hall–Kier alpha value is -2.78. The van der Waals surface area contributed by atoms with Crippen LogP contribution in [0.3, 0.4) is 0 Å². The van der Waals surface area contributed by atoms with E-state index in [1.807, 2.05) is 31.2 Å². The van der Waals surface area contributed by atoms with Crippen LogP contribution in [0.4, 0.5) is 5.69 Å². The Morgan fingerprint density at radius 3 is 2.67 bits per heavy atom. The standard InChI is InChI=1S/C26H19BrCl2N2O4S/c1-2-31-24(32)23(36-26(31)30-19-5-3-4-16(12-19)25(33)34)11-15-6-9-22(20(27)10-15)35-14-17-7-8-18(28)13-21(17)29/h3-13H,2,14H2,1H3,(H,33,34)/b23-11+,30-26?. The number of amides is 1. The fraction of sp³-hybridized carbons (Fsp3) is 0.115. The molecule has 184 valence electrons. The van der Waals surface area contributed by atoms with Crippen LogP contribution in [0.25, 0.3) is 6.08 Å². The van der Waals surface area contributed by atoms with E-state index in [1.165, 1.54) is 23.9 Å². The van der Waals surface area contributed by atoms with Gasteiger partial charge in [0.05, 0.1) is 20.6 Å². The number of hydrogen-bond acceptors (Lipinski definition) is 5. The van der Waals surface area contributed by atoms with Gasteiger partial charge >= 0.3 is 5.97 Å². The van der Waals surface area contributed by atoms with Crippen LogP contribution in [0.1, 0.15) is 28.4 Å². The number of ether oxygens (including phenoxy) is 1. The number of likely N-dealkylation sites (N-methyl/N-ethyl adjacent to an activating group) is 1. The van der Waals surface area contributed by atoms with E-state index < -0.39 is 5.97 Å². The Labute approximate surface area is 230 Å². The Kier molecular flexibility index (Phi) is 8.41. The third-order valence-corrected chi connectivity index (χ3v) is 7.39. The fourth-order valence-corrected chi connectivity index (χ4v) is 5.40. The molecule has 1 heterocycles. The second-order valence-electron chi connectivity index (χ2n) is 7.62. The number of rotatable bonds is 7. The van der Waals surface area contributed by atoms with Gasteiger partial charge in [0.25, 0.3) is 5.91 Å². The van der Waals surface area contributed by atoms with Gasteiger partial charge in [0.15, 0.2) is 5.17 Å². The summed E-state index contributed by atoms with van der Waals surface area (Å²) in [7, 11) is 0. The zero-order chi connectivity index (χ0) is 25.8. The third-order valence-electron chi connectivity index (χ3n) is 5.17. The highest BCUT2D eigenvalue weighted by atomic mass is 79.9. The van der Waals surface area contributed by atoms with Crippen LogP contribution in [0.2, 0.25) is 10.0 Å². The second kappa shape index (κ2) is 11.5. The molecule has 3 aromatic rings. The van der Waals surface area contributed by atoms with Crippen molar-refractivity contribution in [1.82, 2.24) is 4.90 Å². The lowest BCUT2D eigenvalue weighted by Gasteiger charge is -2.12. The summed E-state index contributed by atoms with van der Waals surface area (Å²) in [4.78, 5) is 30.8. The van der Waals surface area contributed by atoms with Gasteiger partial charge in [-0.15, -0.1) is 0 Å². The van der Waals surface area contributed by atoms with Gasteiger partial charge < -0.3 is 9.84 Å². The van der Waals surface area contributed by atoms with Gasteiger partial charge in [0, 0.05) is 22.2 Å². The van der Waals surface area contributed by atoms with Gasteiger partial charge in [-0.3, -0.25) is 9.69 Å². The predicted octanol–water partition coefficient (Wildman–Crippen LogP) is 7.66. The van der Waals surface area contributed by atoms with Crippen molar-refractivity contribution < 1.29 is 19.4 Å². The monoisotopic (exact) mass is 604 g/mol. The van der Waals surface area contributed by atoms with Crippen LogP contribution in [-0.4, -0.2) is 33.6 Å². The summed E-state index contributed by atoms with van der Waals surface area (Å²) in [6.45, 7) is 2.57. The van der Waals surface area contributed by atoms with Gasteiger partial charge in [-0.2, -0.15) is 0 Å². The minimum atomic E-state index is -1.03. The van der Waals surface area contributed by atoms with Crippen molar-refractivity contribution in [3.8, 4) is 5.75 Å². The van der Waals surface area contributed by atoms with Gasteiger partial charge in [0.1, 0.15) is 12.4 Å². The van der Waals surface area contributed by atoms with E-state index in [9.17, 15) is 14.7 Å². The summed E-state index contributed by atoms with van der Waals surface area (Å²) >= 11 is 16.9. The van der Waals surface area contributed by atoms with Crippen molar-refractivity contribution in [2.24, 2.45) is 4.99 Å². The number of halogens is 3. The van der Waals surface area contributed by atoms with Crippen molar-refractivity contribution in [1.29, 1.82) is 0 Å². The molecule has 6 nitrogen and oxygen atoms in total. The molecule has 1 saturated heterocycles. The zero-order valence-electron chi connectivity index (χ0n) is 18.9. The average Bonchev–Trinajstić information content (AvgIpc) is 3.13. The molecule has 0 bridgehead atoms. The number of carboxylic acid groups (broad SMARTS) is 1. The van der Waals surface area contributed by atoms with Crippen molar-refractivity contribution in [3.63, 3.8) is 0 Å². The SMILES string of the molecule is CCN1C(=O)/C(=C\c2ccc(OCc3ccc(Cl)cc3Cl)c(Br)c2)SC1=Nc1cccc(C(=O)O)c1. The van der Waals surface area contributed by atoms with Crippen LogP contribution < -0.4 is 4.74 Å². The van der Waals surface area contributed by atoms with Crippen molar-refractivity contribution in [2.75, 3.05) is 6.54 Å². The van der Waals surface area contributed by atoms with Crippen molar-refractivity contribution in [3.05, 3.63) is 96.8 Å². The molecule has 0 saturated carbocycles. The van der Waals surface area contributed by atoms with Crippen LogP contribution in [-0.2, 0) is 11.4 Å². The molecule has 0 aromatic heterocycles. The van der Waals surface area contributed by atoms with E-state index in [0.717, 1.165) is 15.6 Å². The number of benzene rings is 3. The van der Waals surface area contributed by atoms with Crippen LogP contribution in [0.5, 0.6) is 5.75 Å². The minimum absolute atomic E-state index is 0.135. The van der Waals surface area contributed by atoms with E-state index in [1.54, 1.807) is 35.2 Å². The summed E-state index contributed by atoms with van der Waals surface area (Å²) in [6.07, 6.45) is 1.79. The highest BCUT2D eigenvalue weighted by Crippen LogP contribution is 2.35. The maximum atomic E-state index is 13.0. The molecule has 36 heavy (non-hydrogen) atoms. The molecule has 0 unspecified atom stereocenters. The first-order valence-electron chi connectivity index (χ1n) is 10.7.